The molecular formula is C5H6O2S. The van der Waals surface area contributed by atoms with Crippen molar-refractivity contribution >= 4 is 9.84 Å². The van der Waals surface area contributed by atoms with Gasteiger partial charge in [0.1, 0.15) is 0 Å². The van der Waals surface area contributed by atoms with Gasteiger partial charge in [-0.15, -0.1) is 5.73 Å². The smallest absolute Gasteiger partial charge is 0.199 e. The molecule has 8 heavy (non-hydrogen) atoms. The highest BCUT2D eigenvalue weighted by atomic mass is 32.2. The zero-order valence-corrected chi connectivity index (χ0v) is 5.11. The molecule has 0 radical (unpaired) electrons. The van der Waals surface area contributed by atoms with Crippen molar-refractivity contribution in [3.8, 4) is 0 Å². The molecule has 0 aromatic carbocycles. The topological polar surface area (TPSA) is 34.1 Å². The van der Waals surface area contributed by atoms with Crippen molar-refractivity contribution in [2.75, 3.05) is 0 Å². The van der Waals surface area contributed by atoms with Crippen molar-refractivity contribution in [3.63, 3.8) is 0 Å². The molecule has 0 spiro atoms. The number of hydrogen-bond acceptors (Lipinski definition) is 2. The van der Waals surface area contributed by atoms with Gasteiger partial charge < -0.3 is 0 Å². The number of rotatable bonds is 2. The van der Waals surface area contributed by atoms with E-state index in [4.69, 9.17) is 0 Å². The van der Waals surface area contributed by atoms with Gasteiger partial charge in [-0.05, 0) is 0 Å². The van der Waals surface area contributed by atoms with Crippen LogP contribution >= 0.6 is 0 Å². The van der Waals surface area contributed by atoms with Crippen molar-refractivity contribution < 1.29 is 8.42 Å². The molecule has 0 aromatic rings. The van der Waals surface area contributed by atoms with Crippen LogP contribution in [0.2, 0.25) is 0 Å². The lowest BCUT2D eigenvalue weighted by Crippen LogP contribution is -1.83. The summed E-state index contributed by atoms with van der Waals surface area (Å²) in [4.78, 5) is 0. The summed E-state index contributed by atoms with van der Waals surface area (Å²) in [5.74, 6) is 0. The molecule has 0 aliphatic carbocycles. The van der Waals surface area contributed by atoms with Gasteiger partial charge >= 0.3 is 0 Å². The molecule has 0 aliphatic heterocycles. The predicted octanol–water partition coefficient (Wildman–Crippen LogP) is 0.843. The largest absolute Gasteiger partial charge is 0.219 e. The Balaban J connectivity index is 4.67. The molecule has 0 aliphatic rings. The molecule has 0 rings (SSSR count). The first-order valence-corrected chi connectivity index (χ1v) is 3.46. The molecule has 0 saturated heterocycles. The molecule has 0 atom stereocenters. The molecule has 44 valence electrons. The molecule has 0 N–H and O–H groups in total. The van der Waals surface area contributed by atoms with Crippen LogP contribution in [-0.4, -0.2) is 8.42 Å². The van der Waals surface area contributed by atoms with Crippen LogP contribution in [0.5, 0.6) is 0 Å². The molecule has 0 saturated carbocycles. The summed E-state index contributed by atoms with van der Waals surface area (Å²) >= 11 is 0. The minimum atomic E-state index is -3.20. The number of sulfone groups is 1. The first-order valence-electron chi connectivity index (χ1n) is 1.86. The van der Waals surface area contributed by atoms with E-state index < -0.39 is 9.84 Å². The van der Waals surface area contributed by atoms with Crippen LogP contribution in [0.1, 0.15) is 0 Å². The van der Waals surface area contributed by atoms with E-state index in [1.54, 1.807) is 0 Å². The highest BCUT2D eigenvalue weighted by Gasteiger charge is 1.92. The minimum Gasteiger partial charge on any atom is -0.219 e. The normalized spacial score (nSPS) is 9.50. The molecule has 0 unspecified atom stereocenters. The zero-order chi connectivity index (χ0) is 6.62. The van der Waals surface area contributed by atoms with E-state index in [0.29, 0.717) is 0 Å². The molecule has 0 amide bonds. The minimum absolute atomic E-state index is 0.838. The lowest BCUT2D eigenvalue weighted by molar-refractivity contribution is 0.613. The summed E-state index contributed by atoms with van der Waals surface area (Å²) in [5, 5.41) is 1.70. The molecule has 0 fully saturated rings. The molecule has 0 bridgehead atoms. The van der Waals surface area contributed by atoms with E-state index in [0.717, 1.165) is 10.8 Å². The maximum atomic E-state index is 10.3. The van der Waals surface area contributed by atoms with Crippen LogP contribution in [0.25, 0.3) is 0 Å². The van der Waals surface area contributed by atoms with Gasteiger partial charge in [0.15, 0.2) is 9.84 Å². The maximum absolute atomic E-state index is 10.3. The summed E-state index contributed by atoms with van der Waals surface area (Å²) in [6, 6.07) is 0. The van der Waals surface area contributed by atoms with Gasteiger partial charge in [-0.1, -0.05) is 13.2 Å². The van der Waals surface area contributed by atoms with Crippen LogP contribution in [0.4, 0.5) is 0 Å². The number of hydrogen-bond donors (Lipinski definition) is 0. The third-order valence-corrected chi connectivity index (χ3v) is 1.44. The van der Waals surface area contributed by atoms with Gasteiger partial charge in [0.05, 0.1) is 5.41 Å². The second-order valence-electron chi connectivity index (χ2n) is 1.08. The summed E-state index contributed by atoms with van der Waals surface area (Å²) in [7, 11) is -3.20. The van der Waals surface area contributed by atoms with E-state index in [1.807, 2.05) is 0 Å². The fraction of sp³-hybridized carbons (Fsp3) is 0. The van der Waals surface area contributed by atoms with Crippen LogP contribution in [0, 0.1) is 0 Å². The SMILES string of the molecule is C=C=CS(=O)(=O)C=C. The van der Waals surface area contributed by atoms with Crippen LogP contribution < -0.4 is 0 Å². The third kappa shape index (κ3) is 2.39. The van der Waals surface area contributed by atoms with Crippen LogP contribution in [0.3, 0.4) is 0 Å². The summed E-state index contributed by atoms with van der Waals surface area (Å²) in [6.45, 7) is 6.15. The average molecular weight is 130 g/mol. The highest BCUT2D eigenvalue weighted by Crippen LogP contribution is 1.88. The van der Waals surface area contributed by atoms with E-state index >= 15 is 0 Å². The quantitative estimate of drug-likeness (QED) is 0.519. The van der Waals surface area contributed by atoms with E-state index in [1.165, 1.54) is 0 Å². The van der Waals surface area contributed by atoms with Crippen molar-refractivity contribution in [2.24, 2.45) is 0 Å². The molecule has 3 heteroatoms. The second-order valence-corrected chi connectivity index (χ2v) is 2.82. The monoisotopic (exact) mass is 130 g/mol. The Hall–Kier alpha value is -0.790. The molecule has 0 heterocycles. The van der Waals surface area contributed by atoms with Crippen molar-refractivity contribution in [1.29, 1.82) is 0 Å². The Labute approximate surface area is 48.8 Å². The Morgan fingerprint density at radius 3 is 2.12 bits per heavy atom. The molecule has 2 nitrogen and oxygen atoms in total. The summed E-state index contributed by atoms with van der Waals surface area (Å²) in [6.07, 6.45) is 0. The average Bonchev–Trinajstić information content (AvgIpc) is 1.67. The zero-order valence-electron chi connectivity index (χ0n) is 4.29. The summed E-state index contributed by atoms with van der Waals surface area (Å²) in [5.41, 5.74) is 2.12. The van der Waals surface area contributed by atoms with Crippen molar-refractivity contribution in [1.82, 2.24) is 0 Å². The van der Waals surface area contributed by atoms with Crippen LogP contribution in [0.15, 0.2) is 29.7 Å². The van der Waals surface area contributed by atoms with Gasteiger partial charge in [0.25, 0.3) is 0 Å². The second kappa shape index (κ2) is 2.50. The first kappa shape index (κ1) is 7.21. The Morgan fingerprint density at radius 1 is 1.50 bits per heavy atom. The van der Waals surface area contributed by atoms with Gasteiger partial charge in [-0.2, -0.15) is 0 Å². The fourth-order valence-corrected chi connectivity index (χ4v) is 0.493. The Kier molecular flexibility index (Phi) is 2.25. The van der Waals surface area contributed by atoms with Gasteiger partial charge in [-0.3, -0.25) is 0 Å². The Bertz CT molecular complexity index is 217. The van der Waals surface area contributed by atoms with E-state index in [-0.39, 0.29) is 0 Å². The molecular weight excluding hydrogens is 124 g/mol. The van der Waals surface area contributed by atoms with Gasteiger partial charge in [0.2, 0.25) is 0 Å². The Morgan fingerprint density at radius 2 is 2.00 bits per heavy atom. The standard InChI is InChI=1S/C5H6O2S/c1-3-5-8(6,7)4-2/h4-5H,1-2H2. The van der Waals surface area contributed by atoms with E-state index in [9.17, 15) is 8.42 Å². The maximum Gasteiger partial charge on any atom is 0.199 e. The van der Waals surface area contributed by atoms with Crippen molar-refractivity contribution in [2.45, 2.75) is 0 Å². The van der Waals surface area contributed by atoms with Gasteiger partial charge in [-0.25, -0.2) is 8.42 Å². The summed E-state index contributed by atoms with van der Waals surface area (Å²) < 4.78 is 20.6. The lowest BCUT2D eigenvalue weighted by Gasteiger charge is -1.78. The van der Waals surface area contributed by atoms with Crippen molar-refractivity contribution in [3.05, 3.63) is 29.7 Å². The third-order valence-electron chi connectivity index (χ3n) is 0.480. The predicted molar refractivity (Wildman–Crippen MR) is 32.8 cm³/mol. The van der Waals surface area contributed by atoms with Crippen LogP contribution in [-0.2, 0) is 9.84 Å². The molecule has 0 aromatic heterocycles. The fourth-order valence-electron chi connectivity index (χ4n) is 0.164. The first-order chi connectivity index (χ1) is 3.62. The highest BCUT2D eigenvalue weighted by molar-refractivity contribution is 7.97. The van der Waals surface area contributed by atoms with Gasteiger partial charge in [0, 0.05) is 5.41 Å². The lowest BCUT2D eigenvalue weighted by atomic mass is 11.0. The van der Waals surface area contributed by atoms with E-state index in [2.05, 4.69) is 18.9 Å².